The third kappa shape index (κ3) is 4.09. The number of primary amides is 1. The summed E-state index contributed by atoms with van der Waals surface area (Å²) >= 11 is 0. The quantitative estimate of drug-likeness (QED) is 0.686. The molecule has 1 unspecified atom stereocenters. The Morgan fingerprint density at radius 1 is 1.33 bits per heavy atom. The molecule has 1 atom stereocenters. The van der Waals surface area contributed by atoms with Crippen LogP contribution in [0.5, 0.6) is 0 Å². The third-order valence-corrected chi connectivity index (χ3v) is 3.62. The SMILES string of the molecule is Cc1cc(C)c2onc(CC(=O)NC(CCC(N)=O)C(=O)O)c2c1. The van der Waals surface area contributed by atoms with Gasteiger partial charge < -0.3 is 20.7 Å². The van der Waals surface area contributed by atoms with Crippen LogP contribution in [0.2, 0.25) is 0 Å². The number of nitrogens with one attached hydrogen (secondary N) is 1. The Hall–Kier alpha value is -2.90. The minimum Gasteiger partial charge on any atom is -0.480 e. The maximum Gasteiger partial charge on any atom is 0.326 e. The predicted octanol–water partition coefficient (Wildman–Crippen LogP) is 0.822. The van der Waals surface area contributed by atoms with Gasteiger partial charge in [-0.05, 0) is 37.5 Å². The van der Waals surface area contributed by atoms with Gasteiger partial charge in [0.1, 0.15) is 11.7 Å². The average molecular weight is 333 g/mol. The number of nitrogens with zero attached hydrogens (tertiary/aromatic N) is 1. The fourth-order valence-electron chi connectivity index (χ4n) is 2.51. The van der Waals surface area contributed by atoms with E-state index in [0.29, 0.717) is 11.3 Å². The van der Waals surface area contributed by atoms with Crippen molar-refractivity contribution in [1.82, 2.24) is 10.5 Å². The second kappa shape index (κ2) is 7.12. The Labute approximate surface area is 138 Å². The van der Waals surface area contributed by atoms with Crippen LogP contribution in [-0.2, 0) is 20.8 Å². The molecule has 0 radical (unpaired) electrons. The van der Waals surface area contributed by atoms with Crippen molar-refractivity contribution in [1.29, 1.82) is 0 Å². The molecule has 0 spiro atoms. The average Bonchev–Trinajstić information content (AvgIpc) is 2.86. The van der Waals surface area contributed by atoms with Crippen molar-refractivity contribution in [2.75, 3.05) is 0 Å². The predicted molar refractivity (Wildman–Crippen MR) is 85.2 cm³/mol. The zero-order valence-electron chi connectivity index (χ0n) is 13.5. The van der Waals surface area contributed by atoms with Gasteiger partial charge in [0.05, 0.1) is 6.42 Å². The molecule has 0 aliphatic carbocycles. The summed E-state index contributed by atoms with van der Waals surface area (Å²) in [6.45, 7) is 3.81. The number of carbonyl (C=O) groups excluding carboxylic acids is 2. The molecule has 1 aromatic carbocycles. The number of aromatic nitrogens is 1. The number of aliphatic carboxylic acids is 1. The number of fused-ring (bicyclic) bond motifs is 1. The summed E-state index contributed by atoms with van der Waals surface area (Å²) in [4.78, 5) is 34.0. The molecule has 1 aromatic heterocycles. The van der Waals surface area contributed by atoms with E-state index in [9.17, 15) is 14.4 Å². The van der Waals surface area contributed by atoms with Crippen molar-refractivity contribution in [3.05, 3.63) is 29.0 Å². The van der Waals surface area contributed by atoms with Gasteiger partial charge in [-0.1, -0.05) is 11.2 Å². The lowest BCUT2D eigenvalue weighted by molar-refractivity contribution is -0.142. The highest BCUT2D eigenvalue weighted by atomic mass is 16.5. The monoisotopic (exact) mass is 333 g/mol. The van der Waals surface area contributed by atoms with E-state index < -0.39 is 23.8 Å². The van der Waals surface area contributed by atoms with Crippen molar-refractivity contribution < 1.29 is 24.0 Å². The molecule has 4 N–H and O–H groups in total. The molecule has 128 valence electrons. The van der Waals surface area contributed by atoms with Crippen molar-refractivity contribution in [3.8, 4) is 0 Å². The van der Waals surface area contributed by atoms with Gasteiger partial charge in [0.15, 0.2) is 5.58 Å². The first-order valence-corrected chi connectivity index (χ1v) is 7.44. The lowest BCUT2D eigenvalue weighted by Gasteiger charge is -2.13. The van der Waals surface area contributed by atoms with Gasteiger partial charge in [-0.15, -0.1) is 0 Å². The van der Waals surface area contributed by atoms with Crippen LogP contribution >= 0.6 is 0 Å². The molecular formula is C16H19N3O5. The summed E-state index contributed by atoms with van der Waals surface area (Å²) in [5.74, 6) is -2.36. The molecule has 2 rings (SSSR count). The van der Waals surface area contributed by atoms with Crippen LogP contribution in [-0.4, -0.2) is 34.1 Å². The van der Waals surface area contributed by atoms with E-state index >= 15 is 0 Å². The molecule has 0 fully saturated rings. The summed E-state index contributed by atoms with van der Waals surface area (Å²) in [5, 5.41) is 16.1. The zero-order valence-corrected chi connectivity index (χ0v) is 13.5. The summed E-state index contributed by atoms with van der Waals surface area (Å²) in [7, 11) is 0. The minimum absolute atomic E-state index is 0.0613. The molecule has 1 heterocycles. The molecule has 8 nitrogen and oxygen atoms in total. The first-order chi connectivity index (χ1) is 11.3. The van der Waals surface area contributed by atoms with Gasteiger partial charge in [-0.3, -0.25) is 9.59 Å². The number of aryl methyl sites for hydroxylation is 2. The standard InChI is InChI=1S/C16H19N3O5/c1-8-5-9(2)15-10(6-8)12(19-24-15)7-14(21)18-11(16(22)23)3-4-13(17)20/h5-6,11H,3-4,7H2,1-2H3,(H2,17,20)(H,18,21)(H,22,23). The highest BCUT2D eigenvalue weighted by Crippen LogP contribution is 2.24. The van der Waals surface area contributed by atoms with Gasteiger partial charge >= 0.3 is 5.97 Å². The zero-order chi connectivity index (χ0) is 17.9. The van der Waals surface area contributed by atoms with E-state index in [-0.39, 0.29) is 19.3 Å². The molecule has 0 saturated heterocycles. The van der Waals surface area contributed by atoms with Gasteiger partial charge in [0.25, 0.3) is 0 Å². The van der Waals surface area contributed by atoms with Crippen LogP contribution in [0.25, 0.3) is 11.0 Å². The maximum absolute atomic E-state index is 12.1. The number of hydrogen-bond donors (Lipinski definition) is 3. The molecule has 0 aliphatic rings. The number of carboxylic acid groups (broad SMARTS) is 1. The number of carbonyl (C=O) groups is 3. The molecule has 2 aromatic rings. The number of amides is 2. The summed E-state index contributed by atoms with van der Waals surface area (Å²) < 4.78 is 5.26. The second-order valence-corrected chi connectivity index (χ2v) is 5.73. The van der Waals surface area contributed by atoms with Gasteiger partial charge in [0, 0.05) is 11.8 Å². The van der Waals surface area contributed by atoms with E-state index in [0.717, 1.165) is 16.5 Å². The number of hydrogen-bond acceptors (Lipinski definition) is 5. The molecule has 0 aliphatic heterocycles. The Kier molecular flexibility index (Phi) is 5.18. The van der Waals surface area contributed by atoms with Crippen LogP contribution < -0.4 is 11.1 Å². The molecule has 0 bridgehead atoms. The third-order valence-electron chi connectivity index (χ3n) is 3.62. The van der Waals surface area contributed by atoms with Crippen molar-refractivity contribution in [2.24, 2.45) is 5.73 Å². The number of carboxylic acids is 1. The fourth-order valence-corrected chi connectivity index (χ4v) is 2.51. The highest BCUT2D eigenvalue weighted by molar-refractivity contribution is 5.90. The van der Waals surface area contributed by atoms with Crippen LogP contribution in [0.4, 0.5) is 0 Å². The minimum atomic E-state index is -1.22. The molecule has 2 amide bonds. The second-order valence-electron chi connectivity index (χ2n) is 5.73. The molecular weight excluding hydrogens is 314 g/mol. The van der Waals surface area contributed by atoms with Crippen LogP contribution in [0.1, 0.15) is 29.7 Å². The Morgan fingerprint density at radius 3 is 2.67 bits per heavy atom. The lowest BCUT2D eigenvalue weighted by atomic mass is 10.1. The van der Waals surface area contributed by atoms with E-state index in [4.69, 9.17) is 15.4 Å². The number of nitrogens with two attached hydrogens (primary N) is 1. The Bertz CT molecular complexity index is 796. The van der Waals surface area contributed by atoms with Crippen LogP contribution in [0.3, 0.4) is 0 Å². The summed E-state index contributed by atoms with van der Waals surface area (Å²) in [6.07, 6.45) is -0.299. The van der Waals surface area contributed by atoms with Gasteiger partial charge in [-0.2, -0.15) is 0 Å². The highest BCUT2D eigenvalue weighted by Gasteiger charge is 2.22. The van der Waals surface area contributed by atoms with E-state index in [1.165, 1.54) is 0 Å². The van der Waals surface area contributed by atoms with E-state index in [1.54, 1.807) is 0 Å². The Balaban J connectivity index is 2.11. The van der Waals surface area contributed by atoms with Crippen LogP contribution in [0.15, 0.2) is 16.7 Å². The van der Waals surface area contributed by atoms with Crippen LogP contribution in [0, 0.1) is 13.8 Å². The largest absolute Gasteiger partial charge is 0.480 e. The number of benzene rings is 1. The van der Waals surface area contributed by atoms with Crippen molar-refractivity contribution >= 4 is 28.8 Å². The summed E-state index contributed by atoms with van der Waals surface area (Å²) in [6, 6.07) is 2.64. The van der Waals surface area contributed by atoms with E-state index in [2.05, 4.69) is 10.5 Å². The number of rotatable bonds is 7. The molecule has 8 heteroatoms. The Morgan fingerprint density at radius 2 is 2.04 bits per heavy atom. The molecule has 0 saturated carbocycles. The van der Waals surface area contributed by atoms with Crippen molar-refractivity contribution in [2.45, 2.75) is 39.2 Å². The summed E-state index contributed by atoms with van der Waals surface area (Å²) in [5.41, 5.74) is 7.97. The van der Waals surface area contributed by atoms with E-state index in [1.807, 2.05) is 26.0 Å². The fraction of sp³-hybridized carbons (Fsp3) is 0.375. The first-order valence-electron chi connectivity index (χ1n) is 7.44. The maximum atomic E-state index is 12.1. The first kappa shape index (κ1) is 17.5. The van der Waals surface area contributed by atoms with Gasteiger partial charge in [0.2, 0.25) is 11.8 Å². The smallest absolute Gasteiger partial charge is 0.326 e. The van der Waals surface area contributed by atoms with Crippen molar-refractivity contribution in [3.63, 3.8) is 0 Å². The lowest BCUT2D eigenvalue weighted by Crippen LogP contribution is -2.42. The van der Waals surface area contributed by atoms with Gasteiger partial charge in [-0.25, -0.2) is 4.79 Å². The normalized spacial score (nSPS) is 12.1. The topological polar surface area (TPSA) is 136 Å². The molecule has 24 heavy (non-hydrogen) atoms.